The molecule has 0 saturated heterocycles. The molecule has 0 saturated carbocycles. The van der Waals surface area contributed by atoms with E-state index in [4.69, 9.17) is 10.00 Å². The van der Waals surface area contributed by atoms with Gasteiger partial charge < -0.3 is 9.84 Å². The number of nitrogens with zero attached hydrogens (tertiary/aromatic N) is 2. The van der Waals surface area contributed by atoms with Crippen LogP contribution in [0.2, 0.25) is 0 Å². The number of halogens is 3. The van der Waals surface area contributed by atoms with E-state index in [1.807, 2.05) is 0 Å². The topological polar surface area (TPSA) is 66.1 Å². The second-order valence-corrected chi connectivity index (χ2v) is 4.82. The second-order valence-electron chi connectivity index (χ2n) is 4.82. The maximum Gasteiger partial charge on any atom is 0.417 e. The fourth-order valence-electron chi connectivity index (χ4n) is 2.02. The lowest BCUT2D eigenvalue weighted by Crippen LogP contribution is -2.09. The quantitative estimate of drug-likeness (QED) is 0.853. The number of nitriles is 1. The standard InChI is InChI=1S/C16H13F3N2O2/c17-16(18,19)15-7-14(4-3-12(15)8-20)23-5-1-2-11-6-13(22)10-21-9-11/h3-4,6-7,9-10,22H,1-2,5H2. The van der Waals surface area contributed by atoms with Crippen molar-refractivity contribution in [1.82, 2.24) is 4.98 Å². The van der Waals surface area contributed by atoms with Gasteiger partial charge in [-0.25, -0.2) is 0 Å². The highest BCUT2D eigenvalue weighted by Gasteiger charge is 2.34. The SMILES string of the molecule is N#Cc1ccc(OCCCc2cncc(O)c2)cc1C(F)(F)F. The summed E-state index contributed by atoms with van der Waals surface area (Å²) in [5.74, 6) is 0.121. The average Bonchev–Trinajstić information content (AvgIpc) is 2.50. The van der Waals surface area contributed by atoms with E-state index >= 15 is 0 Å². The van der Waals surface area contributed by atoms with Gasteiger partial charge in [-0.1, -0.05) is 0 Å². The molecule has 7 heteroatoms. The summed E-state index contributed by atoms with van der Waals surface area (Å²) in [5, 5.41) is 18.0. The number of aromatic hydroxyl groups is 1. The zero-order chi connectivity index (χ0) is 16.9. The molecule has 0 atom stereocenters. The Morgan fingerprint density at radius 2 is 2.00 bits per heavy atom. The van der Waals surface area contributed by atoms with E-state index < -0.39 is 17.3 Å². The van der Waals surface area contributed by atoms with Gasteiger partial charge in [0.2, 0.25) is 0 Å². The highest BCUT2D eigenvalue weighted by atomic mass is 19.4. The largest absolute Gasteiger partial charge is 0.506 e. The predicted molar refractivity (Wildman–Crippen MR) is 75.9 cm³/mol. The molecule has 0 aliphatic rings. The molecule has 4 nitrogen and oxygen atoms in total. The Balaban J connectivity index is 1.95. The summed E-state index contributed by atoms with van der Waals surface area (Å²) in [4.78, 5) is 3.83. The summed E-state index contributed by atoms with van der Waals surface area (Å²) in [5.41, 5.74) is -0.630. The number of alkyl halides is 3. The van der Waals surface area contributed by atoms with E-state index in [0.717, 1.165) is 17.7 Å². The van der Waals surface area contributed by atoms with Crippen LogP contribution in [0.3, 0.4) is 0 Å². The first-order valence-electron chi connectivity index (χ1n) is 6.77. The Morgan fingerprint density at radius 3 is 2.65 bits per heavy atom. The van der Waals surface area contributed by atoms with E-state index in [1.54, 1.807) is 12.3 Å². The zero-order valence-corrected chi connectivity index (χ0v) is 12.0. The van der Waals surface area contributed by atoms with Crippen LogP contribution < -0.4 is 4.74 Å². The van der Waals surface area contributed by atoms with Crippen LogP contribution in [0.4, 0.5) is 13.2 Å². The van der Waals surface area contributed by atoms with Crippen LogP contribution in [0.25, 0.3) is 0 Å². The smallest absolute Gasteiger partial charge is 0.417 e. The van der Waals surface area contributed by atoms with Crippen LogP contribution in [0.1, 0.15) is 23.1 Å². The Kier molecular flexibility index (Phi) is 5.06. The van der Waals surface area contributed by atoms with Gasteiger partial charge >= 0.3 is 6.18 Å². The van der Waals surface area contributed by atoms with Gasteiger partial charge in [0.1, 0.15) is 11.5 Å². The van der Waals surface area contributed by atoms with Gasteiger partial charge in [-0.2, -0.15) is 18.4 Å². The number of pyridine rings is 1. The van der Waals surface area contributed by atoms with Crippen molar-refractivity contribution in [2.45, 2.75) is 19.0 Å². The van der Waals surface area contributed by atoms with Crippen LogP contribution in [0.15, 0.2) is 36.7 Å². The van der Waals surface area contributed by atoms with Crippen molar-refractivity contribution in [1.29, 1.82) is 5.26 Å². The molecule has 0 aliphatic carbocycles. The maximum absolute atomic E-state index is 12.8. The summed E-state index contributed by atoms with van der Waals surface area (Å²) in [6, 6.07) is 6.34. The fourth-order valence-corrected chi connectivity index (χ4v) is 2.02. The number of ether oxygens (including phenoxy) is 1. The summed E-state index contributed by atoms with van der Waals surface area (Å²) < 4.78 is 43.8. The molecule has 2 rings (SSSR count). The molecule has 1 aromatic heterocycles. The highest BCUT2D eigenvalue weighted by molar-refractivity contribution is 5.44. The monoisotopic (exact) mass is 322 g/mol. The van der Waals surface area contributed by atoms with Crippen LogP contribution in [0.5, 0.6) is 11.5 Å². The molecule has 0 aliphatic heterocycles. The summed E-state index contributed by atoms with van der Waals surface area (Å²) in [6.07, 6.45) is -0.563. The molecule has 0 spiro atoms. The lowest BCUT2D eigenvalue weighted by molar-refractivity contribution is -0.137. The van der Waals surface area contributed by atoms with Gasteiger partial charge in [-0.05, 0) is 42.7 Å². The number of rotatable bonds is 5. The minimum Gasteiger partial charge on any atom is -0.506 e. The molecular formula is C16H13F3N2O2. The maximum atomic E-state index is 12.8. The van der Waals surface area contributed by atoms with Crippen molar-refractivity contribution in [3.63, 3.8) is 0 Å². The molecule has 0 amide bonds. The minimum atomic E-state index is -4.60. The molecular weight excluding hydrogens is 309 g/mol. The molecule has 120 valence electrons. The Labute approximate surface area is 130 Å². The van der Waals surface area contributed by atoms with E-state index in [-0.39, 0.29) is 18.1 Å². The van der Waals surface area contributed by atoms with Gasteiger partial charge in [0.15, 0.2) is 0 Å². The van der Waals surface area contributed by atoms with Gasteiger partial charge in [-0.15, -0.1) is 0 Å². The number of hydrogen-bond donors (Lipinski definition) is 1. The van der Waals surface area contributed by atoms with Crippen molar-refractivity contribution in [3.8, 4) is 17.6 Å². The van der Waals surface area contributed by atoms with Crippen molar-refractivity contribution in [2.75, 3.05) is 6.61 Å². The fraction of sp³-hybridized carbons (Fsp3) is 0.250. The molecule has 1 aromatic carbocycles. The molecule has 0 bridgehead atoms. The third-order valence-electron chi connectivity index (χ3n) is 3.08. The molecule has 1 N–H and O–H groups in total. The Hall–Kier alpha value is -2.75. The van der Waals surface area contributed by atoms with Crippen molar-refractivity contribution in [2.24, 2.45) is 0 Å². The van der Waals surface area contributed by atoms with E-state index in [2.05, 4.69) is 4.98 Å². The van der Waals surface area contributed by atoms with Crippen LogP contribution >= 0.6 is 0 Å². The number of benzene rings is 1. The van der Waals surface area contributed by atoms with Crippen LogP contribution in [0, 0.1) is 11.3 Å². The first-order valence-corrected chi connectivity index (χ1v) is 6.77. The lowest BCUT2D eigenvalue weighted by Gasteiger charge is -2.12. The van der Waals surface area contributed by atoms with E-state index in [0.29, 0.717) is 12.8 Å². The van der Waals surface area contributed by atoms with Crippen molar-refractivity contribution in [3.05, 3.63) is 53.3 Å². The van der Waals surface area contributed by atoms with Crippen LogP contribution in [-0.4, -0.2) is 16.7 Å². The number of aromatic nitrogens is 1. The summed E-state index contributed by atoms with van der Waals surface area (Å²) in [7, 11) is 0. The van der Waals surface area contributed by atoms with E-state index in [1.165, 1.54) is 18.3 Å². The first kappa shape index (κ1) is 16.6. The normalized spacial score (nSPS) is 11.0. The molecule has 0 unspecified atom stereocenters. The van der Waals surface area contributed by atoms with Crippen molar-refractivity contribution < 1.29 is 23.0 Å². The number of hydrogen-bond acceptors (Lipinski definition) is 4. The Morgan fingerprint density at radius 1 is 1.22 bits per heavy atom. The molecule has 0 fully saturated rings. The molecule has 2 aromatic rings. The molecule has 1 heterocycles. The first-order chi connectivity index (χ1) is 10.9. The second kappa shape index (κ2) is 7.01. The predicted octanol–water partition coefficient (Wildman–Crippen LogP) is 3.69. The third kappa shape index (κ3) is 4.61. The van der Waals surface area contributed by atoms with Gasteiger partial charge in [0.25, 0.3) is 0 Å². The van der Waals surface area contributed by atoms with Gasteiger partial charge in [0.05, 0.1) is 30.0 Å². The minimum absolute atomic E-state index is 0.0605. The highest BCUT2D eigenvalue weighted by Crippen LogP contribution is 2.34. The zero-order valence-electron chi connectivity index (χ0n) is 12.0. The molecule has 0 radical (unpaired) electrons. The van der Waals surface area contributed by atoms with Gasteiger partial charge in [0, 0.05) is 6.20 Å². The van der Waals surface area contributed by atoms with E-state index in [9.17, 15) is 18.3 Å². The summed E-state index contributed by atoms with van der Waals surface area (Å²) in [6.45, 7) is 0.207. The molecule has 23 heavy (non-hydrogen) atoms. The number of aryl methyl sites for hydroxylation is 1. The lowest BCUT2D eigenvalue weighted by atomic mass is 10.1. The van der Waals surface area contributed by atoms with Gasteiger partial charge in [-0.3, -0.25) is 4.98 Å². The Bertz CT molecular complexity index is 724. The van der Waals surface area contributed by atoms with Crippen LogP contribution in [-0.2, 0) is 12.6 Å². The van der Waals surface area contributed by atoms with Crippen molar-refractivity contribution >= 4 is 0 Å². The third-order valence-corrected chi connectivity index (χ3v) is 3.08. The average molecular weight is 322 g/mol. The summed E-state index contributed by atoms with van der Waals surface area (Å²) >= 11 is 0.